The number of aromatic nitrogens is 1. The van der Waals surface area contributed by atoms with Crippen LogP contribution in [0.25, 0.3) is 0 Å². The van der Waals surface area contributed by atoms with Crippen LogP contribution in [0.1, 0.15) is 18.4 Å². The number of nitrogens with one attached hydrogen (secondary N) is 1. The van der Waals surface area contributed by atoms with Crippen LogP contribution in [0.4, 0.5) is 5.82 Å². The molecule has 0 aliphatic heterocycles. The van der Waals surface area contributed by atoms with E-state index in [0.29, 0.717) is 0 Å². The van der Waals surface area contributed by atoms with Crippen LogP contribution >= 0.6 is 15.9 Å². The van der Waals surface area contributed by atoms with Gasteiger partial charge in [0, 0.05) is 10.7 Å². The molecule has 0 saturated heterocycles. The fourth-order valence-corrected chi connectivity index (χ4v) is 1.84. The lowest BCUT2D eigenvalue weighted by atomic mass is 10.2. The van der Waals surface area contributed by atoms with Crippen molar-refractivity contribution in [3.05, 3.63) is 22.3 Å². The normalized spacial score (nSPS) is 17.9. The average molecular weight is 257 g/mol. The zero-order chi connectivity index (χ0) is 10.2. The molecule has 1 saturated carbocycles. The molecule has 1 aromatic heterocycles. The highest BCUT2D eigenvalue weighted by Crippen LogP contribution is 2.38. The number of aliphatic hydroxyl groups excluding tert-OH is 1. The predicted molar refractivity (Wildman–Crippen MR) is 59.3 cm³/mol. The topological polar surface area (TPSA) is 45.2 Å². The molecule has 76 valence electrons. The number of rotatable bonds is 3. The minimum Gasteiger partial charge on any atom is -0.394 e. The molecule has 14 heavy (non-hydrogen) atoms. The quantitative estimate of drug-likeness (QED) is 0.871. The second-order valence-corrected chi connectivity index (χ2v) is 4.80. The third-order valence-electron chi connectivity index (χ3n) is 2.58. The van der Waals surface area contributed by atoms with Gasteiger partial charge in [-0.25, -0.2) is 4.98 Å². The zero-order valence-corrected chi connectivity index (χ0v) is 9.63. The number of halogens is 1. The molecule has 0 radical (unpaired) electrons. The number of aryl methyl sites for hydroxylation is 1. The van der Waals surface area contributed by atoms with Gasteiger partial charge in [-0.1, -0.05) is 0 Å². The molecule has 1 heterocycles. The minimum absolute atomic E-state index is 0.0917. The molecule has 0 aromatic carbocycles. The molecule has 0 spiro atoms. The number of anilines is 1. The number of nitrogens with zero attached hydrogens (tertiary/aromatic N) is 1. The van der Waals surface area contributed by atoms with Gasteiger partial charge in [0.05, 0.1) is 12.1 Å². The van der Waals surface area contributed by atoms with E-state index in [9.17, 15) is 0 Å². The first kappa shape index (κ1) is 9.93. The molecule has 1 fully saturated rings. The van der Waals surface area contributed by atoms with Crippen molar-refractivity contribution in [1.82, 2.24) is 4.98 Å². The summed E-state index contributed by atoms with van der Waals surface area (Å²) < 4.78 is 0.981. The Morgan fingerprint density at radius 3 is 2.86 bits per heavy atom. The summed E-state index contributed by atoms with van der Waals surface area (Å²) in [5.41, 5.74) is 1.00. The van der Waals surface area contributed by atoms with Crippen molar-refractivity contribution in [2.45, 2.75) is 25.3 Å². The van der Waals surface area contributed by atoms with Gasteiger partial charge >= 0.3 is 0 Å². The van der Waals surface area contributed by atoms with E-state index in [1.807, 2.05) is 13.0 Å². The summed E-state index contributed by atoms with van der Waals surface area (Å²) in [6, 6.07) is 2.02. The van der Waals surface area contributed by atoms with Gasteiger partial charge in [-0.05, 0) is 47.3 Å². The van der Waals surface area contributed by atoms with E-state index in [1.54, 1.807) is 6.20 Å². The molecule has 4 heteroatoms. The van der Waals surface area contributed by atoms with E-state index < -0.39 is 0 Å². The number of aliphatic hydroxyl groups is 1. The Hall–Kier alpha value is -0.610. The first-order chi connectivity index (χ1) is 6.65. The van der Waals surface area contributed by atoms with Crippen molar-refractivity contribution in [2.75, 3.05) is 11.9 Å². The van der Waals surface area contributed by atoms with Crippen LogP contribution in [-0.4, -0.2) is 22.2 Å². The smallest absolute Gasteiger partial charge is 0.129 e. The van der Waals surface area contributed by atoms with Crippen molar-refractivity contribution in [3.8, 4) is 0 Å². The van der Waals surface area contributed by atoms with Gasteiger partial charge in [-0.3, -0.25) is 0 Å². The summed E-state index contributed by atoms with van der Waals surface area (Å²) in [7, 11) is 0. The van der Waals surface area contributed by atoms with Crippen molar-refractivity contribution in [3.63, 3.8) is 0 Å². The fourth-order valence-electron chi connectivity index (χ4n) is 1.40. The van der Waals surface area contributed by atoms with E-state index in [4.69, 9.17) is 5.11 Å². The first-order valence-corrected chi connectivity index (χ1v) is 5.46. The number of hydrogen-bond donors (Lipinski definition) is 2. The minimum atomic E-state index is -0.0917. The Balaban J connectivity index is 2.17. The summed E-state index contributed by atoms with van der Waals surface area (Å²) in [5, 5.41) is 12.5. The van der Waals surface area contributed by atoms with E-state index in [2.05, 4.69) is 26.2 Å². The summed E-state index contributed by atoms with van der Waals surface area (Å²) in [6.45, 7) is 2.19. The maximum Gasteiger partial charge on any atom is 0.129 e. The molecule has 3 nitrogen and oxygen atoms in total. The standard InChI is InChI=1S/C10H13BrN2O/c1-7-4-8(11)5-12-9(7)13-10(6-14)2-3-10/h4-5,14H,2-3,6H2,1H3,(H,12,13). The molecule has 2 N–H and O–H groups in total. The molecule has 1 aliphatic rings. The second kappa shape index (κ2) is 3.51. The van der Waals surface area contributed by atoms with Crippen LogP contribution in [0.3, 0.4) is 0 Å². The molecule has 0 atom stereocenters. The lowest BCUT2D eigenvalue weighted by Crippen LogP contribution is -2.26. The zero-order valence-electron chi connectivity index (χ0n) is 8.05. The molecule has 0 unspecified atom stereocenters. The maximum absolute atomic E-state index is 9.16. The Labute approximate surface area is 91.7 Å². The largest absolute Gasteiger partial charge is 0.394 e. The molecular formula is C10H13BrN2O. The van der Waals surface area contributed by atoms with Gasteiger partial charge in [0.15, 0.2) is 0 Å². The summed E-state index contributed by atoms with van der Waals surface area (Å²) in [4.78, 5) is 4.28. The summed E-state index contributed by atoms with van der Waals surface area (Å²) >= 11 is 3.37. The number of pyridine rings is 1. The monoisotopic (exact) mass is 256 g/mol. The summed E-state index contributed by atoms with van der Waals surface area (Å²) in [5.74, 6) is 0.875. The Bertz CT molecular complexity index is 350. The SMILES string of the molecule is Cc1cc(Br)cnc1NC1(CO)CC1. The van der Waals surface area contributed by atoms with E-state index in [1.165, 1.54) is 0 Å². The number of hydrogen-bond acceptors (Lipinski definition) is 3. The predicted octanol–water partition coefficient (Wildman–Crippen LogP) is 2.09. The van der Waals surface area contributed by atoms with Gasteiger partial charge < -0.3 is 10.4 Å². The Morgan fingerprint density at radius 1 is 1.64 bits per heavy atom. The van der Waals surface area contributed by atoms with Gasteiger partial charge in [0.25, 0.3) is 0 Å². The van der Waals surface area contributed by atoms with Crippen LogP contribution in [0.5, 0.6) is 0 Å². The van der Waals surface area contributed by atoms with E-state index in [-0.39, 0.29) is 12.1 Å². The molecular weight excluding hydrogens is 244 g/mol. The highest BCUT2D eigenvalue weighted by atomic mass is 79.9. The van der Waals surface area contributed by atoms with Gasteiger partial charge in [0.1, 0.15) is 5.82 Å². The molecule has 1 aromatic rings. The van der Waals surface area contributed by atoms with Crippen LogP contribution < -0.4 is 5.32 Å². The van der Waals surface area contributed by atoms with Crippen LogP contribution in [0.2, 0.25) is 0 Å². The highest BCUT2D eigenvalue weighted by molar-refractivity contribution is 9.10. The van der Waals surface area contributed by atoms with Crippen molar-refractivity contribution in [2.24, 2.45) is 0 Å². The van der Waals surface area contributed by atoms with Crippen LogP contribution in [-0.2, 0) is 0 Å². The lowest BCUT2D eigenvalue weighted by molar-refractivity contribution is 0.266. The average Bonchev–Trinajstić information content (AvgIpc) is 2.91. The van der Waals surface area contributed by atoms with Gasteiger partial charge in [-0.15, -0.1) is 0 Å². The highest BCUT2D eigenvalue weighted by Gasteiger charge is 2.42. The van der Waals surface area contributed by atoms with E-state index in [0.717, 1.165) is 28.7 Å². The Morgan fingerprint density at radius 2 is 2.36 bits per heavy atom. The van der Waals surface area contributed by atoms with Gasteiger partial charge in [0.2, 0.25) is 0 Å². The summed E-state index contributed by atoms with van der Waals surface area (Å²) in [6.07, 6.45) is 3.82. The lowest BCUT2D eigenvalue weighted by Gasteiger charge is -2.16. The van der Waals surface area contributed by atoms with Crippen molar-refractivity contribution < 1.29 is 5.11 Å². The third-order valence-corrected chi connectivity index (χ3v) is 3.02. The first-order valence-electron chi connectivity index (χ1n) is 4.66. The van der Waals surface area contributed by atoms with E-state index >= 15 is 0 Å². The molecule has 2 rings (SSSR count). The third kappa shape index (κ3) is 1.91. The molecule has 0 amide bonds. The van der Waals surface area contributed by atoms with Gasteiger partial charge in [-0.2, -0.15) is 0 Å². The van der Waals surface area contributed by atoms with Crippen LogP contribution in [0, 0.1) is 6.92 Å². The fraction of sp³-hybridized carbons (Fsp3) is 0.500. The molecule has 0 bridgehead atoms. The van der Waals surface area contributed by atoms with Crippen molar-refractivity contribution in [1.29, 1.82) is 0 Å². The van der Waals surface area contributed by atoms with Crippen LogP contribution in [0.15, 0.2) is 16.7 Å². The van der Waals surface area contributed by atoms with Crippen molar-refractivity contribution >= 4 is 21.7 Å². The Kier molecular flexibility index (Phi) is 2.49. The molecule has 1 aliphatic carbocycles. The maximum atomic E-state index is 9.16. The second-order valence-electron chi connectivity index (χ2n) is 3.88.